The largest absolute Gasteiger partial charge is 0.326 e. The fourth-order valence-corrected chi connectivity index (χ4v) is 2.58. The van der Waals surface area contributed by atoms with Gasteiger partial charge in [0.2, 0.25) is 5.91 Å². The summed E-state index contributed by atoms with van der Waals surface area (Å²) in [4.78, 5) is 23.6. The van der Waals surface area contributed by atoms with Crippen LogP contribution in [0.2, 0.25) is 0 Å². The Morgan fingerprint density at radius 2 is 1.84 bits per heavy atom. The fraction of sp³-hybridized carbons (Fsp3) is 0.500. The standard InChI is InChI=1S/C16H21NO2/c1-11-8-9-14(12(2)18)10-15(11)17-16(19)13-6-4-3-5-7-13/h8-10,13H,3-7H2,1-2H3,(H,17,19). The third-order valence-electron chi connectivity index (χ3n) is 3.88. The summed E-state index contributed by atoms with van der Waals surface area (Å²) in [6.07, 6.45) is 5.49. The summed E-state index contributed by atoms with van der Waals surface area (Å²) in [5.41, 5.74) is 2.40. The molecule has 0 spiro atoms. The highest BCUT2D eigenvalue weighted by Crippen LogP contribution is 2.26. The average Bonchev–Trinajstić information content (AvgIpc) is 2.42. The summed E-state index contributed by atoms with van der Waals surface area (Å²) >= 11 is 0. The third kappa shape index (κ3) is 3.43. The average molecular weight is 259 g/mol. The van der Waals surface area contributed by atoms with Crippen molar-refractivity contribution >= 4 is 17.4 Å². The molecule has 0 radical (unpaired) electrons. The number of nitrogens with one attached hydrogen (secondary N) is 1. The van der Waals surface area contributed by atoms with Crippen molar-refractivity contribution in [2.75, 3.05) is 5.32 Å². The van der Waals surface area contributed by atoms with E-state index in [1.165, 1.54) is 13.3 Å². The van der Waals surface area contributed by atoms with Crippen LogP contribution in [0.3, 0.4) is 0 Å². The van der Waals surface area contributed by atoms with Gasteiger partial charge < -0.3 is 5.32 Å². The molecule has 0 atom stereocenters. The van der Waals surface area contributed by atoms with Gasteiger partial charge in [-0.2, -0.15) is 0 Å². The van der Waals surface area contributed by atoms with Crippen LogP contribution in [-0.4, -0.2) is 11.7 Å². The van der Waals surface area contributed by atoms with Crippen LogP contribution in [0.5, 0.6) is 0 Å². The Labute approximate surface area is 114 Å². The zero-order valence-corrected chi connectivity index (χ0v) is 11.7. The van der Waals surface area contributed by atoms with Crippen molar-refractivity contribution in [1.29, 1.82) is 0 Å². The van der Waals surface area contributed by atoms with E-state index >= 15 is 0 Å². The van der Waals surface area contributed by atoms with Crippen LogP contribution in [0.1, 0.15) is 54.9 Å². The molecule has 19 heavy (non-hydrogen) atoms. The summed E-state index contributed by atoms with van der Waals surface area (Å²) in [6, 6.07) is 5.46. The van der Waals surface area contributed by atoms with Crippen molar-refractivity contribution < 1.29 is 9.59 Å². The molecule has 0 unspecified atom stereocenters. The minimum atomic E-state index is 0.0214. The molecule has 3 heteroatoms. The molecule has 0 aliphatic heterocycles. The summed E-state index contributed by atoms with van der Waals surface area (Å²) in [5.74, 6) is 0.255. The van der Waals surface area contributed by atoms with Gasteiger partial charge in [0.05, 0.1) is 0 Å². The molecule has 1 aromatic carbocycles. The molecule has 1 N–H and O–H groups in total. The molecular formula is C16H21NO2. The van der Waals surface area contributed by atoms with Crippen LogP contribution >= 0.6 is 0 Å². The molecule has 2 rings (SSSR count). The Morgan fingerprint density at radius 1 is 1.16 bits per heavy atom. The van der Waals surface area contributed by atoms with Crippen LogP contribution in [0.4, 0.5) is 5.69 Å². The van der Waals surface area contributed by atoms with E-state index in [4.69, 9.17) is 0 Å². The number of hydrogen-bond acceptors (Lipinski definition) is 2. The molecule has 0 bridgehead atoms. The van der Waals surface area contributed by atoms with Crippen molar-refractivity contribution in [3.05, 3.63) is 29.3 Å². The number of ketones is 1. The van der Waals surface area contributed by atoms with Gasteiger partial charge in [0.15, 0.2) is 5.78 Å². The molecule has 0 aromatic heterocycles. The molecule has 1 saturated carbocycles. The highest BCUT2D eigenvalue weighted by atomic mass is 16.2. The van der Waals surface area contributed by atoms with Crippen molar-refractivity contribution in [3.8, 4) is 0 Å². The lowest BCUT2D eigenvalue weighted by Gasteiger charge is -2.21. The van der Waals surface area contributed by atoms with Gasteiger partial charge in [0.1, 0.15) is 0 Å². The number of carbonyl (C=O) groups is 2. The number of aryl methyl sites for hydroxylation is 1. The van der Waals surface area contributed by atoms with Gasteiger partial charge in [-0.25, -0.2) is 0 Å². The van der Waals surface area contributed by atoms with Gasteiger partial charge in [-0.15, -0.1) is 0 Å². The Hall–Kier alpha value is -1.64. The molecule has 3 nitrogen and oxygen atoms in total. The summed E-state index contributed by atoms with van der Waals surface area (Å²) in [7, 11) is 0. The SMILES string of the molecule is CC(=O)c1ccc(C)c(NC(=O)C2CCCCC2)c1. The molecule has 1 aromatic rings. The smallest absolute Gasteiger partial charge is 0.227 e. The van der Waals surface area contributed by atoms with E-state index in [0.717, 1.165) is 36.9 Å². The van der Waals surface area contributed by atoms with E-state index in [9.17, 15) is 9.59 Å². The lowest BCUT2D eigenvalue weighted by Crippen LogP contribution is -2.25. The number of carbonyl (C=O) groups excluding carboxylic acids is 2. The van der Waals surface area contributed by atoms with Gasteiger partial charge in [-0.05, 0) is 38.3 Å². The number of hydrogen-bond donors (Lipinski definition) is 1. The monoisotopic (exact) mass is 259 g/mol. The highest BCUT2D eigenvalue weighted by Gasteiger charge is 2.21. The van der Waals surface area contributed by atoms with Gasteiger partial charge >= 0.3 is 0 Å². The predicted octanol–water partition coefficient (Wildman–Crippen LogP) is 3.72. The van der Waals surface area contributed by atoms with E-state index < -0.39 is 0 Å². The van der Waals surface area contributed by atoms with Gasteiger partial charge in [0, 0.05) is 17.2 Å². The van der Waals surface area contributed by atoms with E-state index in [0.29, 0.717) is 5.56 Å². The van der Waals surface area contributed by atoms with Crippen molar-refractivity contribution in [3.63, 3.8) is 0 Å². The lowest BCUT2D eigenvalue weighted by atomic mass is 9.88. The van der Waals surface area contributed by atoms with Gasteiger partial charge in [-0.1, -0.05) is 31.4 Å². The first-order valence-corrected chi connectivity index (χ1v) is 7.00. The number of anilines is 1. The molecule has 1 aliphatic rings. The zero-order chi connectivity index (χ0) is 13.8. The molecule has 102 valence electrons. The molecule has 1 fully saturated rings. The predicted molar refractivity (Wildman–Crippen MR) is 76.4 cm³/mol. The maximum absolute atomic E-state index is 12.2. The second kappa shape index (κ2) is 6.00. The normalized spacial score (nSPS) is 16.1. The topological polar surface area (TPSA) is 46.2 Å². The van der Waals surface area contributed by atoms with Crippen LogP contribution in [0, 0.1) is 12.8 Å². The van der Waals surface area contributed by atoms with Crippen molar-refractivity contribution in [2.45, 2.75) is 46.0 Å². The quantitative estimate of drug-likeness (QED) is 0.841. The van der Waals surface area contributed by atoms with Gasteiger partial charge in [-0.3, -0.25) is 9.59 Å². The summed E-state index contributed by atoms with van der Waals surface area (Å²) in [5, 5.41) is 2.98. The Kier molecular flexibility index (Phi) is 4.35. The molecule has 1 amide bonds. The van der Waals surface area contributed by atoms with Crippen LogP contribution < -0.4 is 5.32 Å². The fourth-order valence-electron chi connectivity index (χ4n) is 2.58. The second-order valence-electron chi connectivity index (χ2n) is 5.41. The maximum Gasteiger partial charge on any atom is 0.227 e. The molecule has 0 heterocycles. The number of amides is 1. The number of benzene rings is 1. The van der Waals surface area contributed by atoms with Gasteiger partial charge in [0.25, 0.3) is 0 Å². The van der Waals surface area contributed by atoms with E-state index in [2.05, 4.69) is 5.32 Å². The summed E-state index contributed by atoms with van der Waals surface area (Å²) < 4.78 is 0. The Morgan fingerprint density at radius 3 is 2.47 bits per heavy atom. The first-order chi connectivity index (χ1) is 9.08. The Balaban J connectivity index is 2.11. The minimum Gasteiger partial charge on any atom is -0.326 e. The Bertz CT molecular complexity index is 488. The van der Waals surface area contributed by atoms with Crippen molar-refractivity contribution in [2.24, 2.45) is 5.92 Å². The zero-order valence-electron chi connectivity index (χ0n) is 11.7. The number of Topliss-reactive ketones (excluding diaryl/α,β-unsaturated/α-hetero) is 1. The van der Waals surface area contributed by atoms with Crippen LogP contribution in [-0.2, 0) is 4.79 Å². The molecule has 0 saturated heterocycles. The van der Waals surface area contributed by atoms with E-state index in [1.807, 2.05) is 13.0 Å². The van der Waals surface area contributed by atoms with Crippen molar-refractivity contribution in [1.82, 2.24) is 0 Å². The molecule has 1 aliphatic carbocycles. The first kappa shape index (κ1) is 13.8. The maximum atomic E-state index is 12.2. The highest BCUT2D eigenvalue weighted by molar-refractivity contribution is 5.98. The second-order valence-corrected chi connectivity index (χ2v) is 5.41. The summed E-state index contributed by atoms with van der Waals surface area (Å²) in [6.45, 7) is 3.48. The van der Waals surface area contributed by atoms with E-state index in [1.54, 1.807) is 12.1 Å². The number of rotatable bonds is 3. The third-order valence-corrected chi connectivity index (χ3v) is 3.88. The lowest BCUT2D eigenvalue weighted by molar-refractivity contribution is -0.120. The first-order valence-electron chi connectivity index (χ1n) is 7.00. The van der Waals surface area contributed by atoms with Crippen LogP contribution in [0.15, 0.2) is 18.2 Å². The molecular weight excluding hydrogens is 238 g/mol. The van der Waals surface area contributed by atoms with Crippen LogP contribution in [0.25, 0.3) is 0 Å². The minimum absolute atomic E-state index is 0.0214. The van der Waals surface area contributed by atoms with E-state index in [-0.39, 0.29) is 17.6 Å².